The number of rotatable bonds is 9. The summed E-state index contributed by atoms with van der Waals surface area (Å²) in [5.74, 6) is 0.784. The predicted molar refractivity (Wildman–Crippen MR) is 129 cm³/mol. The SMILES string of the molecule is Cc1cc(Cl)cc2sc(N(CCCN(C)C)C(=O)CCOc3ccccc3)nc12.Cl. The van der Waals surface area contributed by atoms with Gasteiger partial charge in [-0.05, 0) is 63.8 Å². The molecule has 0 atom stereocenters. The molecule has 30 heavy (non-hydrogen) atoms. The number of nitrogens with zero attached hydrogens (tertiary/aromatic N) is 3. The van der Waals surface area contributed by atoms with E-state index in [1.54, 1.807) is 4.90 Å². The minimum Gasteiger partial charge on any atom is -0.493 e. The van der Waals surface area contributed by atoms with Crippen molar-refractivity contribution in [2.75, 3.05) is 38.7 Å². The van der Waals surface area contributed by atoms with Crippen LogP contribution in [0.15, 0.2) is 42.5 Å². The number of carbonyl (C=O) groups excluding carboxylic acids is 1. The number of ether oxygens (including phenoxy) is 1. The third kappa shape index (κ3) is 6.57. The van der Waals surface area contributed by atoms with E-state index in [-0.39, 0.29) is 18.3 Å². The highest BCUT2D eigenvalue weighted by molar-refractivity contribution is 7.22. The minimum atomic E-state index is 0. The molecule has 5 nitrogen and oxygen atoms in total. The van der Waals surface area contributed by atoms with Gasteiger partial charge in [-0.1, -0.05) is 41.1 Å². The molecule has 0 radical (unpaired) electrons. The number of amides is 1. The summed E-state index contributed by atoms with van der Waals surface area (Å²) in [6, 6.07) is 13.4. The number of aromatic nitrogens is 1. The molecule has 8 heteroatoms. The van der Waals surface area contributed by atoms with Crippen molar-refractivity contribution >= 4 is 56.6 Å². The predicted octanol–water partition coefficient (Wildman–Crippen LogP) is 5.43. The monoisotopic (exact) mass is 467 g/mol. The fourth-order valence-corrected chi connectivity index (χ4v) is 4.50. The molecule has 0 fully saturated rings. The molecule has 1 heterocycles. The van der Waals surface area contributed by atoms with Crippen molar-refractivity contribution in [3.8, 4) is 5.75 Å². The van der Waals surface area contributed by atoms with Crippen LogP contribution in [0.25, 0.3) is 10.2 Å². The molecule has 3 rings (SSSR count). The van der Waals surface area contributed by atoms with Crippen molar-refractivity contribution in [3.05, 3.63) is 53.1 Å². The van der Waals surface area contributed by atoms with Gasteiger partial charge < -0.3 is 9.64 Å². The summed E-state index contributed by atoms with van der Waals surface area (Å²) in [5, 5.41) is 1.40. The number of carbonyl (C=O) groups is 1. The van der Waals surface area contributed by atoms with Crippen LogP contribution in [0.3, 0.4) is 0 Å². The Bertz CT molecular complexity index is 964. The molecule has 0 bridgehead atoms. The second kappa shape index (κ2) is 11.5. The van der Waals surface area contributed by atoms with E-state index in [2.05, 4.69) is 4.90 Å². The van der Waals surface area contributed by atoms with Gasteiger partial charge in [-0.15, -0.1) is 12.4 Å². The molecule has 0 aliphatic carbocycles. The van der Waals surface area contributed by atoms with Crippen molar-refractivity contribution in [1.29, 1.82) is 0 Å². The van der Waals surface area contributed by atoms with E-state index < -0.39 is 0 Å². The minimum absolute atomic E-state index is 0. The maximum Gasteiger partial charge on any atom is 0.232 e. The molecule has 1 aromatic heterocycles. The Hall–Kier alpha value is -1.86. The van der Waals surface area contributed by atoms with E-state index in [4.69, 9.17) is 21.3 Å². The average Bonchev–Trinajstić information content (AvgIpc) is 3.09. The molecule has 2 aromatic carbocycles. The second-order valence-corrected chi connectivity index (χ2v) is 8.63. The van der Waals surface area contributed by atoms with Crippen LogP contribution in [-0.4, -0.2) is 49.6 Å². The largest absolute Gasteiger partial charge is 0.493 e. The van der Waals surface area contributed by atoms with Gasteiger partial charge in [-0.25, -0.2) is 4.98 Å². The zero-order valence-corrected chi connectivity index (χ0v) is 19.8. The molecule has 162 valence electrons. The summed E-state index contributed by atoms with van der Waals surface area (Å²) in [6.45, 7) is 3.85. The lowest BCUT2D eigenvalue weighted by atomic mass is 10.2. The zero-order chi connectivity index (χ0) is 20.8. The Morgan fingerprint density at radius 3 is 2.60 bits per heavy atom. The fraction of sp³-hybridized carbons (Fsp3) is 0.364. The fourth-order valence-electron chi connectivity index (χ4n) is 3.04. The van der Waals surface area contributed by atoms with Crippen LogP contribution in [0.4, 0.5) is 5.13 Å². The van der Waals surface area contributed by atoms with Crippen molar-refractivity contribution in [2.45, 2.75) is 19.8 Å². The second-order valence-electron chi connectivity index (χ2n) is 7.18. The van der Waals surface area contributed by atoms with Gasteiger partial charge in [0.1, 0.15) is 5.75 Å². The Morgan fingerprint density at radius 1 is 1.17 bits per heavy atom. The number of hydrogen-bond donors (Lipinski definition) is 0. The van der Waals surface area contributed by atoms with Crippen LogP contribution in [-0.2, 0) is 4.79 Å². The molecule has 0 aliphatic heterocycles. The summed E-state index contributed by atoms with van der Waals surface area (Å²) >= 11 is 7.70. The molecular formula is C22H27Cl2N3O2S. The molecule has 0 unspecified atom stereocenters. The van der Waals surface area contributed by atoms with E-state index in [1.807, 2.05) is 63.5 Å². The van der Waals surface area contributed by atoms with Gasteiger partial charge in [0.05, 0.1) is 23.2 Å². The summed E-state index contributed by atoms with van der Waals surface area (Å²) in [4.78, 5) is 21.7. The Balaban J connectivity index is 0.00000320. The first kappa shape index (κ1) is 24.4. The maximum absolute atomic E-state index is 13.0. The van der Waals surface area contributed by atoms with Crippen molar-refractivity contribution in [2.24, 2.45) is 0 Å². The van der Waals surface area contributed by atoms with E-state index >= 15 is 0 Å². The van der Waals surface area contributed by atoms with Gasteiger partial charge in [0, 0.05) is 11.6 Å². The summed E-state index contributed by atoms with van der Waals surface area (Å²) in [5.41, 5.74) is 1.92. The number of anilines is 1. The molecule has 0 aliphatic rings. The first-order chi connectivity index (χ1) is 13.9. The normalized spacial score (nSPS) is 10.8. The molecule has 0 saturated carbocycles. The van der Waals surface area contributed by atoms with E-state index in [0.29, 0.717) is 29.7 Å². The summed E-state index contributed by atoms with van der Waals surface area (Å²) in [6.07, 6.45) is 1.17. The van der Waals surface area contributed by atoms with Crippen LogP contribution in [0.1, 0.15) is 18.4 Å². The number of para-hydroxylation sites is 1. The Kier molecular flexibility index (Phi) is 9.37. The lowest BCUT2D eigenvalue weighted by Crippen LogP contribution is -2.34. The van der Waals surface area contributed by atoms with Gasteiger partial charge in [0.2, 0.25) is 5.91 Å². The first-order valence-corrected chi connectivity index (χ1v) is 10.8. The number of hydrogen-bond acceptors (Lipinski definition) is 5. The number of fused-ring (bicyclic) bond motifs is 1. The van der Waals surface area contributed by atoms with Crippen LogP contribution in [0.5, 0.6) is 5.75 Å². The van der Waals surface area contributed by atoms with Crippen LogP contribution >= 0.6 is 35.3 Å². The molecule has 0 spiro atoms. The molecular weight excluding hydrogens is 441 g/mol. The van der Waals surface area contributed by atoms with E-state index in [1.165, 1.54) is 11.3 Å². The Labute approximate surface area is 193 Å². The molecule has 0 saturated heterocycles. The van der Waals surface area contributed by atoms with Gasteiger partial charge in [0.25, 0.3) is 0 Å². The van der Waals surface area contributed by atoms with Gasteiger partial charge in [0.15, 0.2) is 5.13 Å². The molecule has 3 aromatic rings. The van der Waals surface area contributed by atoms with Gasteiger partial charge in [-0.3, -0.25) is 9.69 Å². The quantitative estimate of drug-likeness (QED) is 0.420. The first-order valence-electron chi connectivity index (χ1n) is 9.63. The van der Waals surface area contributed by atoms with Gasteiger partial charge >= 0.3 is 0 Å². The van der Waals surface area contributed by atoms with Crippen molar-refractivity contribution < 1.29 is 9.53 Å². The van der Waals surface area contributed by atoms with Crippen molar-refractivity contribution in [3.63, 3.8) is 0 Å². The number of thiazole rings is 1. The van der Waals surface area contributed by atoms with E-state index in [0.717, 1.165) is 34.5 Å². The van der Waals surface area contributed by atoms with Crippen LogP contribution in [0.2, 0.25) is 5.02 Å². The summed E-state index contributed by atoms with van der Waals surface area (Å²) in [7, 11) is 4.06. The highest BCUT2D eigenvalue weighted by Crippen LogP contribution is 2.33. The lowest BCUT2D eigenvalue weighted by molar-refractivity contribution is -0.119. The maximum atomic E-state index is 13.0. The number of halogens is 2. The van der Waals surface area contributed by atoms with Crippen LogP contribution < -0.4 is 9.64 Å². The smallest absolute Gasteiger partial charge is 0.232 e. The Morgan fingerprint density at radius 2 is 1.90 bits per heavy atom. The lowest BCUT2D eigenvalue weighted by Gasteiger charge is -2.21. The number of benzene rings is 2. The third-order valence-corrected chi connectivity index (χ3v) is 5.73. The zero-order valence-electron chi connectivity index (χ0n) is 17.4. The highest BCUT2D eigenvalue weighted by Gasteiger charge is 2.20. The molecule has 1 amide bonds. The van der Waals surface area contributed by atoms with Crippen LogP contribution in [0, 0.1) is 6.92 Å². The average molecular weight is 468 g/mol. The van der Waals surface area contributed by atoms with E-state index in [9.17, 15) is 4.79 Å². The molecule has 0 N–H and O–H groups in total. The topological polar surface area (TPSA) is 45.7 Å². The van der Waals surface area contributed by atoms with Crippen molar-refractivity contribution in [1.82, 2.24) is 9.88 Å². The van der Waals surface area contributed by atoms with Gasteiger partial charge in [-0.2, -0.15) is 0 Å². The number of aryl methyl sites for hydroxylation is 1. The summed E-state index contributed by atoms with van der Waals surface area (Å²) < 4.78 is 6.71. The standard InChI is InChI=1S/C22H26ClN3O2S.ClH/c1-16-14-17(23)15-19-21(16)24-22(29-19)26(12-7-11-25(2)3)20(27)10-13-28-18-8-5-4-6-9-18;/h4-6,8-9,14-15H,7,10-13H2,1-3H3;1H. The third-order valence-electron chi connectivity index (χ3n) is 4.49. The highest BCUT2D eigenvalue weighted by atomic mass is 35.5.